The van der Waals surface area contributed by atoms with Gasteiger partial charge in [0.05, 0.1) is 7.11 Å². The Kier molecular flexibility index (Phi) is 4.08. The largest absolute Gasteiger partial charge is 0.305 e. The standard InChI is InChI=1S/C11H14BrNOS/c1-14-13-7-8-2-5-11(10(12)6-8)15-9-3-4-9/h2,5-6,9,13H,3-4,7H2,1H3. The van der Waals surface area contributed by atoms with Gasteiger partial charge in [0.1, 0.15) is 0 Å². The van der Waals surface area contributed by atoms with Gasteiger partial charge in [0.2, 0.25) is 0 Å². The van der Waals surface area contributed by atoms with E-state index in [0.717, 1.165) is 11.8 Å². The molecule has 1 aromatic rings. The van der Waals surface area contributed by atoms with Crippen LogP contribution >= 0.6 is 27.7 Å². The van der Waals surface area contributed by atoms with Crippen LogP contribution in [0.15, 0.2) is 27.6 Å². The Hall–Kier alpha value is -0.0300. The van der Waals surface area contributed by atoms with Crippen LogP contribution < -0.4 is 5.48 Å². The molecule has 0 radical (unpaired) electrons. The van der Waals surface area contributed by atoms with Crippen molar-refractivity contribution in [3.05, 3.63) is 28.2 Å². The van der Waals surface area contributed by atoms with Crippen molar-refractivity contribution in [2.24, 2.45) is 0 Å². The first kappa shape index (κ1) is 11.5. The molecule has 1 aromatic carbocycles. The number of hydrogen-bond acceptors (Lipinski definition) is 3. The van der Waals surface area contributed by atoms with E-state index in [-0.39, 0.29) is 0 Å². The van der Waals surface area contributed by atoms with Crippen LogP contribution in [0.4, 0.5) is 0 Å². The highest BCUT2D eigenvalue weighted by Gasteiger charge is 2.23. The summed E-state index contributed by atoms with van der Waals surface area (Å²) in [5.74, 6) is 0. The Morgan fingerprint density at radius 2 is 2.33 bits per heavy atom. The van der Waals surface area contributed by atoms with Crippen molar-refractivity contribution in [3.63, 3.8) is 0 Å². The molecule has 0 aromatic heterocycles. The van der Waals surface area contributed by atoms with Gasteiger partial charge in [-0.3, -0.25) is 0 Å². The number of hydroxylamine groups is 1. The third-order valence-corrected chi connectivity index (χ3v) is 4.57. The Morgan fingerprint density at radius 1 is 1.53 bits per heavy atom. The third kappa shape index (κ3) is 3.48. The van der Waals surface area contributed by atoms with Gasteiger partial charge < -0.3 is 4.84 Å². The maximum Gasteiger partial charge on any atom is 0.0572 e. The van der Waals surface area contributed by atoms with Crippen LogP contribution in [-0.4, -0.2) is 12.4 Å². The first-order valence-electron chi connectivity index (χ1n) is 5.00. The molecule has 1 fully saturated rings. The summed E-state index contributed by atoms with van der Waals surface area (Å²) < 4.78 is 1.19. The van der Waals surface area contributed by atoms with Gasteiger partial charge in [-0.05, 0) is 46.5 Å². The molecule has 0 heterocycles. The SMILES string of the molecule is CONCc1ccc(SC2CC2)c(Br)c1. The van der Waals surface area contributed by atoms with E-state index in [9.17, 15) is 0 Å². The zero-order valence-corrected chi connectivity index (χ0v) is 11.0. The van der Waals surface area contributed by atoms with Gasteiger partial charge in [0.25, 0.3) is 0 Å². The normalized spacial score (nSPS) is 15.6. The van der Waals surface area contributed by atoms with Crippen LogP contribution in [0.25, 0.3) is 0 Å². The molecule has 82 valence electrons. The van der Waals surface area contributed by atoms with Gasteiger partial charge in [-0.1, -0.05) is 6.07 Å². The summed E-state index contributed by atoms with van der Waals surface area (Å²) in [6, 6.07) is 6.47. The van der Waals surface area contributed by atoms with Crippen molar-refractivity contribution in [1.29, 1.82) is 0 Å². The van der Waals surface area contributed by atoms with Crippen molar-refractivity contribution < 1.29 is 4.84 Å². The molecule has 0 saturated heterocycles. The van der Waals surface area contributed by atoms with E-state index in [0.29, 0.717) is 0 Å². The average Bonchev–Trinajstić information content (AvgIpc) is 3.02. The van der Waals surface area contributed by atoms with Crippen molar-refractivity contribution in [2.45, 2.75) is 29.5 Å². The highest BCUT2D eigenvalue weighted by Crippen LogP contribution is 2.41. The molecule has 0 bridgehead atoms. The van der Waals surface area contributed by atoms with E-state index in [4.69, 9.17) is 4.84 Å². The lowest BCUT2D eigenvalue weighted by molar-refractivity contribution is 0.0867. The smallest absolute Gasteiger partial charge is 0.0572 e. The Labute approximate surface area is 103 Å². The summed E-state index contributed by atoms with van der Waals surface area (Å²) in [6.07, 6.45) is 2.73. The number of hydrogen-bond donors (Lipinski definition) is 1. The molecule has 0 amide bonds. The van der Waals surface area contributed by atoms with Gasteiger partial charge in [-0.2, -0.15) is 5.48 Å². The summed E-state index contributed by atoms with van der Waals surface area (Å²) >= 11 is 5.58. The van der Waals surface area contributed by atoms with E-state index in [2.05, 4.69) is 39.6 Å². The zero-order valence-electron chi connectivity index (χ0n) is 8.63. The summed E-state index contributed by atoms with van der Waals surface area (Å²) in [5, 5.41) is 0.851. The van der Waals surface area contributed by atoms with E-state index >= 15 is 0 Å². The molecule has 0 unspecified atom stereocenters. The van der Waals surface area contributed by atoms with Gasteiger partial charge in [0.15, 0.2) is 0 Å². The molecular formula is C11H14BrNOS. The number of halogens is 1. The number of rotatable bonds is 5. The Morgan fingerprint density at radius 3 is 2.93 bits per heavy atom. The third-order valence-electron chi connectivity index (χ3n) is 2.23. The first-order chi connectivity index (χ1) is 7.29. The predicted octanol–water partition coefficient (Wildman–Crippen LogP) is 3.35. The fourth-order valence-corrected chi connectivity index (χ4v) is 3.03. The minimum atomic E-state index is 0.740. The molecular weight excluding hydrogens is 274 g/mol. The molecule has 2 nitrogen and oxygen atoms in total. The van der Waals surface area contributed by atoms with Crippen molar-refractivity contribution in [2.75, 3.05) is 7.11 Å². The topological polar surface area (TPSA) is 21.3 Å². The van der Waals surface area contributed by atoms with E-state index in [1.54, 1.807) is 7.11 Å². The zero-order chi connectivity index (χ0) is 10.7. The number of nitrogens with one attached hydrogen (secondary N) is 1. The molecule has 2 rings (SSSR count). The van der Waals surface area contributed by atoms with Gasteiger partial charge in [0, 0.05) is 21.2 Å². The summed E-state index contributed by atoms with van der Waals surface area (Å²) in [6.45, 7) is 0.740. The second-order valence-electron chi connectivity index (χ2n) is 3.61. The van der Waals surface area contributed by atoms with Gasteiger partial charge in [-0.25, -0.2) is 0 Å². The average molecular weight is 288 g/mol. The first-order valence-corrected chi connectivity index (χ1v) is 6.68. The highest BCUT2D eigenvalue weighted by molar-refractivity contribution is 9.10. The lowest BCUT2D eigenvalue weighted by Gasteiger charge is -2.06. The molecule has 1 aliphatic rings. The van der Waals surface area contributed by atoms with E-state index in [1.807, 2.05) is 11.8 Å². The van der Waals surface area contributed by atoms with Gasteiger partial charge in [-0.15, -0.1) is 11.8 Å². The fraction of sp³-hybridized carbons (Fsp3) is 0.455. The number of thioether (sulfide) groups is 1. The summed E-state index contributed by atoms with van der Waals surface area (Å²) in [4.78, 5) is 6.17. The minimum absolute atomic E-state index is 0.740. The van der Waals surface area contributed by atoms with E-state index < -0.39 is 0 Å². The molecule has 0 spiro atoms. The van der Waals surface area contributed by atoms with Crippen molar-refractivity contribution in [3.8, 4) is 0 Å². The Bertz CT molecular complexity index is 341. The second-order valence-corrected chi connectivity index (χ2v) is 5.80. The summed E-state index contributed by atoms with van der Waals surface area (Å²) in [5.41, 5.74) is 4.06. The van der Waals surface area contributed by atoms with Crippen molar-refractivity contribution >= 4 is 27.7 Å². The monoisotopic (exact) mass is 287 g/mol. The molecule has 0 atom stereocenters. The molecule has 1 N–H and O–H groups in total. The van der Waals surface area contributed by atoms with Gasteiger partial charge >= 0.3 is 0 Å². The quantitative estimate of drug-likeness (QED) is 0.840. The van der Waals surface area contributed by atoms with Crippen LogP contribution in [0, 0.1) is 0 Å². The summed E-state index contributed by atoms with van der Waals surface area (Å²) in [7, 11) is 1.63. The van der Waals surface area contributed by atoms with Crippen LogP contribution in [0.5, 0.6) is 0 Å². The maximum atomic E-state index is 4.82. The molecule has 1 aliphatic carbocycles. The predicted molar refractivity (Wildman–Crippen MR) is 66.9 cm³/mol. The maximum absolute atomic E-state index is 4.82. The molecule has 1 saturated carbocycles. The molecule has 0 aliphatic heterocycles. The lowest BCUT2D eigenvalue weighted by Crippen LogP contribution is -2.10. The van der Waals surface area contributed by atoms with Crippen molar-refractivity contribution in [1.82, 2.24) is 5.48 Å². The minimum Gasteiger partial charge on any atom is -0.305 e. The highest BCUT2D eigenvalue weighted by atomic mass is 79.9. The van der Waals surface area contributed by atoms with E-state index in [1.165, 1.54) is 27.8 Å². The second kappa shape index (κ2) is 5.34. The fourth-order valence-electron chi connectivity index (χ4n) is 1.27. The Balaban J connectivity index is 2.00. The lowest BCUT2D eigenvalue weighted by atomic mass is 10.2. The van der Waals surface area contributed by atoms with Crippen LogP contribution in [0.2, 0.25) is 0 Å². The van der Waals surface area contributed by atoms with Crippen LogP contribution in [0.1, 0.15) is 18.4 Å². The van der Waals surface area contributed by atoms with Crippen LogP contribution in [0.3, 0.4) is 0 Å². The molecule has 4 heteroatoms. The number of benzene rings is 1. The molecule has 15 heavy (non-hydrogen) atoms. The van der Waals surface area contributed by atoms with Crippen LogP contribution in [-0.2, 0) is 11.4 Å².